The Labute approximate surface area is 117 Å². The Morgan fingerprint density at radius 2 is 1.47 bits per heavy atom. The first-order chi connectivity index (χ1) is 9.36. The molecule has 19 heavy (non-hydrogen) atoms. The van der Waals surface area contributed by atoms with Crippen molar-refractivity contribution in [1.82, 2.24) is 0 Å². The number of thiocarbonyl (C=S) groups is 1. The third kappa shape index (κ3) is 1.44. The Hall–Kier alpha value is -2.19. The third-order valence-corrected chi connectivity index (χ3v) is 3.97. The van der Waals surface area contributed by atoms with E-state index in [1.165, 1.54) is 16.5 Å². The predicted molar refractivity (Wildman–Crippen MR) is 84.2 cm³/mol. The first-order valence-electron chi connectivity index (χ1n) is 6.27. The van der Waals surface area contributed by atoms with Crippen LogP contribution in [0.5, 0.6) is 0 Å². The summed E-state index contributed by atoms with van der Waals surface area (Å²) in [6.45, 7) is 0. The predicted octanol–water partition coefficient (Wildman–Crippen LogP) is 4.67. The molecule has 0 unspecified atom stereocenters. The van der Waals surface area contributed by atoms with Crippen molar-refractivity contribution in [2.75, 3.05) is 4.90 Å². The number of rotatable bonds is 1. The average Bonchev–Trinajstić information content (AvgIpc) is 2.76. The minimum absolute atomic E-state index is 0.887. The van der Waals surface area contributed by atoms with Gasteiger partial charge >= 0.3 is 0 Å². The topological polar surface area (TPSA) is 3.24 Å². The lowest BCUT2D eigenvalue weighted by molar-refractivity contribution is 1.41. The Bertz CT molecular complexity index is 787. The molecule has 0 fully saturated rings. The van der Waals surface area contributed by atoms with E-state index in [1.54, 1.807) is 0 Å². The van der Waals surface area contributed by atoms with Gasteiger partial charge in [0.15, 0.2) is 0 Å². The van der Waals surface area contributed by atoms with Gasteiger partial charge in [-0.25, -0.2) is 0 Å². The van der Waals surface area contributed by atoms with Crippen molar-refractivity contribution < 1.29 is 0 Å². The lowest BCUT2D eigenvalue weighted by atomic mass is 10.1. The quantitative estimate of drug-likeness (QED) is 0.586. The van der Waals surface area contributed by atoms with Crippen molar-refractivity contribution in [2.45, 2.75) is 0 Å². The van der Waals surface area contributed by atoms with Crippen molar-refractivity contribution >= 4 is 39.4 Å². The van der Waals surface area contributed by atoms with Crippen LogP contribution in [-0.2, 0) is 0 Å². The molecule has 90 valence electrons. The highest BCUT2D eigenvalue weighted by molar-refractivity contribution is 7.81. The van der Waals surface area contributed by atoms with Crippen LogP contribution in [0.1, 0.15) is 5.56 Å². The van der Waals surface area contributed by atoms with Crippen molar-refractivity contribution in [2.24, 2.45) is 0 Å². The molecule has 0 spiro atoms. The first-order valence-corrected chi connectivity index (χ1v) is 6.68. The average molecular weight is 261 g/mol. The van der Waals surface area contributed by atoms with Crippen LogP contribution in [0, 0.1) is 0 Å². The minimum Gasteiger partial charge on any atom is -0.300 e. The molecule has 0 amide bonds. The molecule has 0 saturated heterocycles. The van der Waals surface area contributed by atoms with E-state index in [9.17, 15) is 0 Å². The Morgan fingerprint density at radius 1 is 0.737 bits per heavy atom. The van der Waals surface area contributed by atoms with Gasteiger partial charge in [-0.05, 0) is 23.6 Å². The van der Waals surface area contributed by atoms with Gasteiger partial charge < -0.3 is 4.90 Å². The van der Waals surface area contributed by atoms with Crippen LogP contribution in [0.15, 0.2) is 66.7 Å². The van der Waals surface area contributed by atoms with Gasteiger partial charge in [-0.3, -0.25) is 0 Å². The van der Waals surface area contributed by atoms with E-state index in [4.69, 9.17) is 12.2 Å². The summed E-state index contributed by atoms with van der Waals surface area (Å²) in [4.78, 5) is 3.05. The van der Waals surface area contributed by atoms with E-state index in [-0.39, 0.29) is 0 Å². The Morgan fingerprint density at radius 3 is 2.26 bits per heavy atom. The van der Waals surface area contributed by atoms with Crippen LogP contribution in [0.2, 0.25) is 0 Å². The molecule has 4 rings (SSSR count). The molecule has 1 heterocycles. The standard InChI is InChI=1S/C17H11NS/c19-17-14-10-4-6-12-7-5-11-15(16(12)14)18(17)13-8-2-1-3-9-13/h1-11H. The Kier molecular flexibility index (Phi) is 2.20. The second-order valence-corrected chi connectivity index (χ2v) is 5.04. The van der Waals surface area contributed by atoms with E-state index in [0.29, 0.717) is 0 Å². The first kappa shape index (κ1) is 10.7. The zero-order valence-electron chi connectivity index (χ0n) is 10.2. The van der Waals surface area contributed by atoms with Crippen LogP contribution in [0.4, 0.5) is 11.4 Å². The maximum Gasteiger partial charge on any atom is 0.118 e. The highest BCUT2D eigenvalue weighted by atomic mass is 32.1. The molecule has 3 aromatic rings. The Balaban J connectivity index is 2.04. The van der Waals surface area contributed by atoms with Crippen LogP contribution in [-0.4, -0.2) is 4.99 Å². The molecule has 0 radical (unpaired) electrons. The largest absolute Gasteiger partial charge is 0.300 e. The number of para-hydroxylation sites is 1. The van der Waals surface area contributed by atoms with E-state index < -0.39 is 0 Å². The summed E-state index contributed by atoms with van der Waals surface area (Å²) in [5.41, 5.74) is 3.47. The minimum atomic E-state index is 0.887. The molecule has 0 atom stereocenters. The van der Waals surface area contributed by atoms with Crippen LogP contribution in [0.25, 0.3) is 10.8 Å². The second kappa shape index (κ2) is 3.90. The molecule has 1 nitrogen and oxygen atoms in total. The number of hydrogen-bond donors (Lipinski definition) is 0. The molecule has 1 aliphatic heterocycles. The van der Waals surface area contributed by atoms with Gasteiger partial charge in [-0.2, -0.15) is 0 Å². The second-order valence-electron chi connectivity index (χ2n) is 4.66. The normalized spacial score (nSPS) is 13.3. The highest BCUT2D eigenvalue weighted by Gasteiger charge is 2.27. The molecule has 1 aliphatic rings. The van der Waals surface area contributed by atoms with Gasteiger partial charge in [0.1, 0.15) is 4.99 Å². The van der Waals surface area contributed by atoms with Gasteiger partial charge in [-0.15, -0.1) is 0 Å². The van der Waals surface area contributed by atoms with Crippen molar-refractivity contribution in [3.63, 3.8) is 0 Å². The lowest BCUT2D eigenvalue weighted by Crippen LogP contribution is -2.19. The highest BCUT2D eigenvalue weighted by Crippen LogP contribution is 2.41. The molecule has 3 aromatic carbocycles. The summed E-state index contributed by atoms with van der Waals surface area (Å²) >= 11 is 5.67. The molecule has 0 aliphatic carbocycles. The van der Waals surface area contributed by atoms with Crippen LogP contribution in [0.3, 0.4) is 0 Å². The molecular weight excluding hydrogens is 250 g/mol. The van der Waals surface area contributed by atoms with Gasteiger partial charge in [-0.1, -0.05) is 60.7 Å². The van der Waals surface area contributed by atoms with E-state index in [2.05, 4.69) is 53.4 Å². The monoisotopic (exact) mass is 261 g/mol. The molecular formula is C17H11NS. The zero-order chi connectivity index (χ0) is 12.8. The SMILES string of the molecule is S=C1c2cccc3cccc(c23)N1c1ccccc1. The molecule has 0 bridgehead atoms. The van der Waals surface area contributed by atoms with Crippen molar-refractivity contribution in [3.05, 3.63) is 72.3 Å². The number of benzene rings is 3. The van der Waals surface area contributed by atoms with Gasteiger partial charge in [0.25, 0.3) is 0 Å². The zero-order valence-corrected chi connectivity index (χ0v) is 11.0. The molecule has 2 heteroatoms. The summed E-state index contributed by atoms with van der Waals surface area (Å²) in [7, 11) is 0. The lowest BCUT2D eigenvalue weighted by Gasteiger charge is -2.19. The summed E-state index contributed by atoms with van der Waals surface area (Å²) < 4.78 is 0. The fraction of sp³-hybridized carbons (Fsp3) is 0. The maximum atomic E-state index is 5.67. The van der Waals surface area contributed by atoms with Crippen molar-refractivity contribution in [1.29, 1.82) is 0 Å². The number of anilines is 2. The van der Waals surface area contributed by atoms with Gasteiger partial charge in [0, 0.05) is 16.6 Å². The summed E-state index contributed by atoms with van der Waals surface area (Å²) in [5, 5.41) is 2.51. The summed E-state index contributed by atoms with van der Waals surface area (Å²) in [6, 6.07) is 23.0. The summed E-state index contributed by atoms with van der Waals surface area (Å²) in [6.07, 6.45) is 0. The number of hydrogen-bond acceptors (Lipinski definition) is 1. The third-order valence-electron chi connectivity index (χ3n) is 3.57. The molecule has 0 N–H and O–H groups in total. The molecule has 0 aromatic heterocycles. The van der Waals surface area contributed by atoms with Crippen LogP contribution >= 0.6 is 12.2 Å². The number of nitrogens with zero attached hydrogens (tertiary/aromatic N) is 1. The fourth-order valence-corrected chi connectivity index (χ4v) is 3.12. The maximum absolute atomic E-state index is 5.67. The van der Waals surface area contributed by atoms with E-state index in [0.717, 1.165) is 16.2 Å². The smallest absolute Gasteiger partial charge is 0.118 e. The summed E-state index contributed by atoms with van der Waals surface area (Å²) in [5.74, 6) is 0. The molecule has 0 saturated carbocycles. The van der Waals surface area contributed by atoms with Crippen molar-refractivity contribution in [3.8, 4) is 0 Å². The van der Waals surface area contributed by atoms with E-state index in [1.807, 2.05) is 18.2 Å². The fourth-order valence-electron chi connectivity index (χ4n) is 2.75. The van der Waals surface area contributed by atoms with Gasteiger partial charge in [0.05, 0.1) is 5.69 Å². The van der Waals surface area contributed by atoms with Gasteiger partial charge in [0.2, 0.25) is 0 Å². The van der Waals surface area contributed by atoms with Crippen LogP contribution < -0.4 is 4.90 Å². The van der Waals surface area contributed by atoms with E-state index >= 15 is 0 Å².